The summed E-state index contributed by atoms with van der Waals surface area (Å²) in [5.74, 6) is 0.802. The first-order valence-electron chi connectivity index (χ1n) is 6.88. The van der Waals surface area contributed by atoms with E-state index in [0.29, 0.717) is 6.04 Å². The molecule has 1 saturated carbocycles. The number of rotatable bonds is 3. The maximum Gasteiger partial charge on any atom is 0.404 e. The van der Waals surface area contributed by atoms with Crippen molar-refractivity contribution in [2.75, 3.05) is 5.32 Å². The lowest BCUT2D eigenvalue weighted by Crippen LogP contribution is -2.39. The van der Waals surface area contributed by atoms with Crippen LogP contribution in [0, 0.1) is 0 Å². The van der Waals surface area contributed by atoms with Crippen molar-refractivity contribution in [2.45, 2.75) is 37.8 Å². The van der Waals surface area contributed by atoms with Crippen molar-refractivity contribution in [1.82, 2.24) is 19.9 Å². The zero-order valence-electron chi connectivity index (χ0n) is 11.3. The highest BCUT2D eigenvalue weighted by Crippen LogP contribution is 2.22. The van der Waals surface area contributed by atoms with Gasteiger partial charge in [0.1, 0.15) is 10.4 Å². The second-order valence-electron chi connectivity index (χ2n) is 5.21. The molecule has 112 valence electrons. The standard InChI is InChI=1S/C13H16BrN5O2/c14-10-7-15-12-6-5-11(18-19(10)12)16-8-1-3-9(4-2-8)17-13(20)21/h5-9,17H,1-4H2,(H,16,18)(H,20,21). The fourth-order valence-electron chi connectivity index (χ4n) is 2.69. The zero-order valence-corrected chi connectivity index (χ0v) is 12.9. The van der Waals surface area contributed by atoms with Gasteiger partial charge in [-0.05, 0) is 53.7 Å². The Balaban J connectivity index is 1.61. The average Bonchev–Trinajstić information content (AvgIpc) is 2.82. The molecule has 0 aromatic carbocycles. The molecule has 21 heavy (non-hydrogen) atoms. The molecule has 0 aliphatic heterocycles. The molecule has 0 unspecified atom stereocenters. The molecule has 3 N–H and O–H groups in total. The summed E-state index contributed by atoms with van der Waals surface area (Å²) in [6, 6.07) is 4.22. The summed E-state index contributed by atoms with van der Waals surface area (Å²) in [4.78, 5) is 14.8. The molecule has 1 aliphatic rings. The lowest BCUT2D eigenvalue weighted by Gasteiger charge is -2.29. The Kier molecular flexibility index (Phi) is 3.96. The fraction of sp³-hybridized carbons (Fsp3) is 0.462. The molecule has 0 radical (unpaired) electrons. The van der Waals surface area contributed by atoms with Crippen molar-refractivity contribution >= 4 is 33.5 Å². The van der Waals surface area contributed by atoms with E-state index in [4.69, 9.17) is 5.11 Å². The largest absolute Gasteiger partial charge is 0.465 e. The lowest BCUT2D eigenvalue weighted by atomic mass is 9.91. The van der Waals surface area contributed by atoms with E-state index in [1.165, 1.54) is 0 Å². The smallest absolute Gasteiger partial charge is 0.404 e. The molecule has 2 aromatic rings. The van der Waals surface area contributed by atoms with E-state index >= 15 is 0 Å². The molecule has 0 saturated heterocycles. The van der Waals surface area contributed by atoms with Crippen molar-refractivity contribution in [3.8, 4) is 0 Å². The molecule has 2 heterocycles. The minimum absolute atomic E-state index is 0.0683. The predicted octanol–water partition coefficient (Wildman–Crippen LogP) is 2.48. The van der Waals surface area contributed by atoms with Gasteiger partial charge in [-0.15, -0.1) is 5.10 Å². The van der Waals surface area contributed by atoms with Crippen LogP contribution in [-0.2, 0) is 0 Å². The summed E-state index contributed by atoms with van der Waals surface area (Å²) in [6.07, 6.45) is 4.33. The van der Waals surface area contributed by atoms with Gasteiger partial charge < -0.3 is 15.7 Å². The van der Waals surface area contributed by atoms with Crippen molar-refractivity contribution < 1.29 is 9.90 Å². The number of fused-ring (bicyclic) bond motifs is 1. The molecule has 0 spiro atoms. The number of hydrogen-bond donors (Lipinski definition) is 3. The maximum atomic E-state index is 10.6. The van der Waals surface area contributed by atoms with E-state index in [-0.39, 0.29) is 6.04 Å². The second-order valence-corrected chi connectivity index (χ2v) is 6.02. The maximum absolute atomic E-state index is 10.6. The van der Waals surface area contributed by atoms with Gasteiger partial charge >= 0.3 is 6.09 Å². The van der Waals surface area contributed by atoms with Gasteiger partial charge in [-0.25, -0.2) is 14.3 Å². The minimum Gasteiger partial charge on any atom is -0.465 e. The van der Waals surface area contributed by atoms with Gasteiger partial charge in [0.15, 0.2) is 5.65 Å². The van der Waals surface area contributed by atoms with Gasteiger partial charge in [0.25, 0.3) is 0 Å². The van der Waals surface area contributed by atoms with E-state index in [9.17, 15) is 4.79 Å². The molecular formula is C13H16BrN5O2. The molecule has 1 amide bonds. The van der Waals surface area contributed by atoms with Gasteiger partial charge in [0.05, 0.1) is 6.20 Å². The molecule has 3 rings (SSSR count). The quantitative estimate of drug-likeness (QED) is 0.788. The van der Waals surface area contributed by atoms with Crippen LogP contribution in [0.1, 0.15) is 25.7 Å². The predicted molar refractivity (Wildman–Crippen MR) is 81.5 cm³/mol. The Bertz CT molecular complexity index is 651. The molecule has 0 atom stereocenters. The average molecular weight is 354 g/mol. The van der Waals surface area contributed by atoms with Crippen LogP contribution < -0.4 is 10.6 Å². The normalized spacial score (nSPS) is 22.1. The monoisotopic (exact) mass is 353 g/mol. The summed E-state index contributed by atoms with van der Waals surface area (Å²) in [7, 11) is 0. The topological polar surface area (TPSA) is 91.5 Å². The lowest BCUT2D eigenvalue weighted by molar-refractivity contribution is 0.185. The number of aromatic nitrogens is 3. The Morgan fingerprint density at radius 2 is 2.00 bits per heavy atom. The molecule has 8 heteroatoms. The highest BCUT2D eigenvalue weighted by Gasteiger charge is 2.22. The van der Waals surface area contributed by atoms with E-state index in [2.05, 4.69) is 36.6 Å². The SMILES string of the molecule is O=C(O)NC1CCC(Nc2ccc3ncc(Br)n3n2)CC1. The third-order valence-electron chi connectivity index (χ3n) is 3.73. The molecule has 1 fully saturated rings. The third-order valence-corrected chi connectivity index (χ3v) is 4.27. The number of hydrogen-bond acceptors (Lipinski definition) is 4. The van der Waals surface area contributed by atoms with Gasteiger partial charge in [-0.3, -0.25) is 0 Å². The van der Waals surface area contributed by atoms with Crippen molar-refractivity contribution in [3.63, 3.8) is 0 Å². The Labute approximate surface area is 129 Å². The molecule has 2 aromatic heterocycles. The van der Waals surface area contributed by atoms with Gasteiger partial charge in [0, 0.05) is 12.1 Å². The number of nitrogens with zero attached hydrogens (tertiary/aromatic N) is 3. The van der Waals surface area contributed by atoms with E-state index in [1.54, 1.807) is 10.7 Å². The summed E-state index contributed by atoms with van der Waals surface area (Å²) in [6.45, 7) is 0. The number of carbonyl (C=O) groups is 1. The number of imidazole rings is 1. The van der Waals surface area contributed by atoms with E-state index in [0.717, 1.165) is 41.8 Å². The van der Waals surface area contributed by atoms with Gasteiger partial charge in [-0.1, -0.05) is 0 Å². The summed E-state index contributed by atoms with van der Waals surface area (Å²) in [5, 5.41) is 19.2. The number of anilines is 1. The first-order valence-corrected chi connectivity index (χ1v) is 7.67. The molecular weight excluding hydrogens is 338 g/mol. The van der Waals surface area contributed by atoms with Crippen LogP contribution in [0.25, 0.3) is 5.65 Å². The van der Waals surface area contributed by atoms with Crippen molar-refractivity contribution in [2.24, 2.45) is 0 Å². The van der Waals surface area contributed by atoms with E-state index in [1.807, 2.05) is 12.1 Å². The van der Waals surface area contributed by atoms with Crippen LogP contribution in [0.3, 0.4) is 0 Å². The number of halogens is 1. The van der Waals surface area contributed by atoms with Crippen LogP contribution in [-0.4, -0.2) is 37.9 Å². The first-order chi connectivity index (χ1) is 10.1. The zero-order chi connectivity index (χ0) is 14.8. The van der Waals surface area contributed by atoms with Gasteiger partial charge in [-0.2, -0.15) is 0 Å². The number of carboxylic acid groups (broad SMARTS) is 1. The third kappa shape index (κ3) is 3.26. The highest BCUT2D eigenvalue weighted by atomic mass is 79.9. The molecule has 7 nitrogen and oxygen atoms in total. The number of nitrogens with one attached hydrogen (secondary N) is 2. The van der Waals surface area contributed by atoms with E-state index < -0.39 is 6.09 Å². The van der Waals surface area contributed by atoms with Crippen LogP contribution in [0.2, 0.25) is 0 Å². The molecule has 1 aliphatic carbocycles. The minimum atomic E-state index is -0.941. The number of amides is 1. The summed E-state index contributed by atoms with van der Waals surface area (Å²) in [5.41, 5.74) is 0.793. The summed E-state index contributed by atoms with van der Waals surface area (Å²) < 4.78 is 2.55. The van der Waals surface area contributed by atoms with Crippen molar-refractivity contribution in [1.29, 1.82) is 0 Å². The highest BCUT2D eigenvalue weighted by molar-refractivity contribution is 9.10. The fourth-order valence-corrected chi connectivity index (χ4v) is 3.05. The molecule has 0 bridgehead atoms. The Morgan fingerprint density at radius 1 is 1.29 bits per heavy atom. The summed E-state index contributed by atoms with van der Waals surface area (Å²) >= 11 is 3.40. The first kappa shape index (κ1) is 14.1. The van der Waals surface area contributed by atoms with Crippen LogP contribution >= 0.6 is 15.9 Å². The van der Waals surface area contributed by atoms with Crippen LogP contribution in [0.15, 0.2) is 22.9 Å². The van der Waals surface area contributed by atoms with Gasteiger partial charge in [0.2, 0.25) is 0 Å². The Morgan fingerprint density at radius 3 is 2.71 bits per heavy atom. The van der Waals surface area contributed by atoms with Crippen LogP contribution in [0.4, 0.5) is 10.6 Å². The van der Waals surface area contributed by atoms with Crippen LogP contribution in [0.5, 0.6) is 0 Å². The second kappa shape index (κ2) is 5.88. The Hall–Kier alpha value is -1.83. The van der Waals surface area contributed by atoms with Crippen molar-refractivity contribution in [3.05, 3.63) is 22.9 Å².